The predicted octanol–water partition coefficient (Wildman–Crippen LogP) is 0.869. The van der Waals surface area contributed by atoms with Crippen molar-refractivity contribution in [2.24, 2.45) is 0 Å². The summed E-state index contributed by atoms with van der Waals surface area (Å²) >= 11 is 0. The van der Waals surface area contributed by atoms with Crippen LogP contribution in [0.5, 0.6) is 5.88 Å². The fraction of sp³-hybridized carbons (Fsp3) is 0. The van der Waals surface area contributed by atoms with E-state index in [1.165, 1.54) is 0 Å². The zero-order valence-electron chi connectivity index (χ0n) is 6.18. The molecule has 0 saturated carbocycles. The lowest BCUT2D eigenvalue weighted by Gasteiger charge is -1.96. The Balaban J connectivity index is 2.52. The van der Waals surface area contributed by atoms with Crippen molar-refractivity contribution in [3.8, 4) is 5.88 Å². The number of ether oxygens (including phenoxy) is 1. The van der Waals surface area contributed by atoms with Crippen LogP contribution in [0.3, 0.4) is 0 Å². The third kappa shape index (κ3) is 1.03. The summed E-state index contributed by atoms with van der Waals surface area (Å²) in [6.45, 7) is 0.363. The van der Waals surface area contributed by atoms with Crippen LogP contribution in [-0.4, -0.2) is 15.9 Å². The van der Waals surface area contributed by atoms with Crippen LogP contribution < -0.4 is 4.74 Å². The molecule has 60 valence electrons. The molecule has 0 atom stereocenters. The van der Waals surface area contributed by atoms with Crippen LogP contribution in [0.4, 0.5) is 0 Å². The molecule has 2 aromatic heterocycles. The highest BCUT2D eigenvalue weighted by molar-refractivity contribution is 5.52. The summed E-state index contributed by atoms with van der Waals surface area (Å²) in [5.41, 5.74) is 0.946. The van der Waals surface area contributed by atoms with Gasteiger partial charge in [-0.15, -0.1) is 0 Å². The average molecular weight is 162 g/mol. The van der Waals surface area contributed by atoms with Crippen molar-refractivity contribution in [1.29, 1.82) is 0 Å². The smallest absolute Gasteiger partial charge is 0.299 e. The van der Waals surface area contributed by atoms with Gasteiger partial charge >= 0.3 is 0 Å². The Morgan fingerprint density at radius 3 is 3.33 bits per heavy atom. The van der Waals surface area contributed by atoms with Crippen molar-refractivity contribution in [1.82, 2.24) is 9.38 Å². The number of nitrogens with zero attached hydrogens (tertiary/aromatic N) is 2. The van der Waals surface area contributed by atoms with Crippen LogP contribution in [0.1, 0.15) is 0 Å². The first kappa shape index (κ1) is 6.84. The quantitative estimate of drug-likeness (QED) is 0.615. The van der Waals surface area contributed by atoms with E-state index in [1.807, 2.05) is 22.7 Å². The number of carbonyl (C=O) groups excluding carboxylic acids is 1. The van der Waals surface area contributed by atoms with E-state index in [0.29, 0.717) is 12.4 Å². The monoisotopic (exact) mass is 162 g/mol. The Morgan fingerprint density at radius 2 is 2.50 bits per heavy atom. The molecule has 12 heavy (non-hydrogen) atoms. The summed E-state index contributed by atoms with van der Waals surface area (Å²) in [6, 6.07) is 5.48. The van der Waals surface area contributed by atoms with E-state index in [2.05, 4.69) is 9.72 Å². The average Bonchev–Trinajstić information content (AvgIpc) is 2.51. The van der Waals surface area contributed by atoms with Crippen molar-refractivity contribution in [2.45, 2.75) is 0 Å². The first-order chi connectivity index (χ1) is 5.90. The number of rotatable bonds is 2. The molecular formula is C8H6N2O2. The predicted molar refractivity (Wildman–Crippen MR) is 41.9 cm³/mol. The normalized spacial score (nSPS) is 10.0. The molecule has 0 fully saturated rings. The van der Waals surface area contributed by atoms with E-state index in [9.17, 15) is 4.79 Å². The zero-order valence-corrected chi connectivity index (χ0v) is 6.18. The van der Waals surface area contributed by atoms with Crippen LogP contribution >= 0.6 is 0 Å². The molecule has 0 aromatic carbocycles. The van der Waals surface area contributed by atoms with E-state index in [1.54, 1.807) is 12.4 Å². The highest BCUT2D eigenvalue weighted by Gasteiger charge is 1.96. The second-order valence-electron chi connectivity index (χ2n) is 2.28. The van der Waals surface area contributed by atoms with E-state index in [0.717, 1.165) is 5.52 Å². The zero-order chi connectivity index (χ0) is 8.39. The molecule has 0 unspecified atom stereocenters. The second-order valence-corrected chi connectivity index (χ2v) is 2.28. The number of hydrogen-bond donors (Lipinski definition) is 0. The molecule has 4 nitrogen and oxygen atoms in total. The molecule has 2 rings (SSSR count). The number of aromatic nitrogens is 2. The van der Waals surface area contributed by atoms with Crippen molar-refractivity contribution < 1.29 is 9.53 Å². The molecule has 0 spiro atoms. The molecule has 0 aliphatic heterocycles. The van der Waals surface area contributed by atoms with Gasteiger partial charge in [0.1, 0.15) is 6.33 Å². The van der Waals surface area contributed by atoms with Crippen LogP contribution in [-0.2, 0) is 4.79 Å². The maximum Gasteiger partial charge on any atom is 0.299 e. The molecule has 0 aliphatic rings. The van der Waals surface area contributed by atoms with Gasteiger partial charge in [-0.05, 0) is 12.1 Å². The summed E-state index contributed by atoms with van der Waals surface area (Å²) in [6.07, 6.45) is 3.46. The number of carbonyl (C=O) groups is 1. The largest absolute Gasteiger partial charge is 0.410 e. The fourth-order valence-corrected chi connectivity index (χ4v) is 1.03. The maximum atomic E-state index is 9.98. The third-order valence-corrected chi connectivity index (χ3v) is 1.56. The molecule has 4 heteroatoms. The van der Waals surface area contributed by atoms with Crippen LogP contribution in [0, 0.1) is 0 Å². The Labute approximate surface area is 68.4 Å². The fourth-order valence-electron chi connectivity index (χ4n) is 1.03. The number of fused-ring (bicyclic) bond motifs is 1. The van der Waals surface area contributed by atoms with Gasteiger partial charge in [-0.2, -0.15) is 0 Å². The SMILES string of the molecule is O=COc1cc2cccn2cn1. The van der Waals surface area contributed by atoms with Gasteiger partial charge < -0.3 is 9.14 Å². The van der Waals surface area contributed by atoms with E-state index in [4.69, 9.17) is 0 Å². The van der Waals surface area contributed by atoms with E-state index in [-0.39, 0.29) is 0 Å². The first-order valence-corrected chi connectivity index (χ1v) is 3.43. The van der Waals surface area contributed by atoms with Crippen molar-refractivity contribution >= 4 is 12.0 Å². The number of hydrogen-bond acceptors (Lipinski definition) is 3. The minimum atomic E-state index is 0.316. The van der Waals surface area contributed by atoms with Gasteiger partial charge in [0.05, 0.1) is 5.52 Å². The highest BCUT2D eigenvalue weighted by Crippen LogP contribution is 2.10. The molecule has 0 N–H and O–H groups in total. The molecule has 2 heterocycles. The summed E-state index contributed by atoms with van der Waals surface area (Å²) in [5, 5.41) is 0. The van der Waals surface area contributed by atoms with Crippen LogP contribution in [0.2, 0.25) is 0 Å². The molecular weight excluding hydrogens is 156 g/mol. The third-order valence-electron chi connectivity index (χ3n) is 1.56. The van der Waals surface area contributed by atoms with Gasteiger partial charge in [0.15, 0.2) is 0 Å². The van der Waals surface area contributed by atoms with Gasteiger partial charge in [0.2, 0.25) is 5.88 Å². The lowest BCUT2D eigenvalue weighted by atomic mass is 10.5. The standard InChI is InChI=1S/C8H6N2O2/c11-6-12-8-4-7-2-1-3-10(7)5-9-8/h1-6H. The van der Waals surface area contributed by atoms with E-state index >= 15 is 0 Å². The van der Waals surface area contributed by atoms with Gasteiger partial charge in [0.25, 0.3) is 6.47 Å². The highest BCUT2D eigenvalue weighted by atomic mass is 16.5. The lowest BCUT2D eigenvalue weighted by molar-refractivity contribution is -0.120. The van der Waals surface area contributed by atoms with Crippen LogP contribution in [0.15, 0.2) is 30.7 Å². The first-order valence-electron chi connectivity index (χ1n) is 3.43. The molecule has 2 aromatic rings. The Bertz CT molecular complexity index is 408. The molecule has 0 amide bonds. The summed E-state index contributed by atoms with van der Waals surface area (Å²) in [5.74, 6) is 0.316. The van der Waals surface area contributed by atoms with Gasteiger partial charge in [-0.25, -0.2) is 4.98 Å². The van der Waals surface area contributed by atoms with Crippen molar-refractivity contribution in [3.63, 3.8) is 0 Å². The summed E-state index contributed by atoms with van der Waals surface area (Å²) in [7, 11) is 0. The van der Waals surface area contributed by atoms with Gasteiger partial charge in [-0.1, -0.05) is 0 Å². The summed E-state index contributed by atoms with van der Waals surface area (Å²) < 4.78 is 6.41. The van der Waals surface area contributed by atoms with Crippen molar-refractivity contribution in [3.05, 3.63) is 30.7 Å². The molecule has 0 bridgehead atoms. The summed E-state index contributed by atoms with van der Waals surface area (Å²) in [4.78, 5) is 13.9. The minimum Gasteiger partial charge on any atom is -0.410 e. The Morgan fingerprint density at radius 1 is 1.58 bits per heavy atom. The van der Waals surface area contributed by atoms with Gasteiger partial charge in [0, 0.05) is 12.3 Å². The molecule has 0 aliphatic carbocycles. The van der Waals surface area contributed by atoms with Crippen LogP contribution in [0.25, 0.3) is 5.52 Å². The minimum absolute atomic E-state index is 0.316. The van der Waals surface area contributed by atoms with Gasteiger partial charge in [-0.3, -0.25) is 4.79 Å². The molecule has 0 saturated heterocycles. The Hall–Kier alpha value is -1.84. The Kier molecular flexibility index (Phi) is 1.51. The topological polar surface area (TPSA) is 43.6 Å². The van der Waals surface area contributed by atoms with E-state index < -0.39 is 0 Å². The second kappa shape index (κ2) is 2.65. The molecule has 0 radical (unpaired) electrons. The lowest BCUT2D eigenvalue weighted by Crippen LogP contribution is -1.93. The van der Waals surface area contributed by atoms with Crippen molar-refractivity contribution in [2.75, 3.05) is 0 Å². The maximum absolute atomic E-state index is 9.98.